The second-order valence-corrected chi connectivity index (χ2v) is 7.49. The number of nitrogens with zero attached hydrogens (tertiary/aromatic N) is 1. The molecule has 2 rings (SSSR count). The summed E-state index contributed by atoms with van der Waals surface area (Å²) >= 11 is 0. The molecule has 1 saturated heterocycles. The minimum absolute atomic E-state index is 0.132. The lowest BCUT2D eigenvalue weighted by Gasteiger charge is -2.21. The van der Waals surface area contributed by atoms with Crippen LogP contribution >= 0.6 is 0 Å². The van der Waals surface area contributed by atoms with Crippen molar-refractivity contribution in [2.75, 3.05) is 19.6 Å². The van der Waals surface area contributed by atoms with E-state index in [-0.39, 0.29) is 17.5 Å². The number of hydrogen-bond donors (Lipinski definition) is 2. The van der Waals surface area contributed by atoms with Crippen molar-refractivity contribution in [3.8, 4) is 0 Å². The first-order valence-electron chi connectivity index (χ1n) is 7.37. The molecule has 1 atom stereocenters. The lowest BCUT2D eigenvalue weighted by atomic mass is 10.1. The SMILES string of the molecule is Cc1ccc(S(=O)(=O)NC(C)CN2CCCC2)cc1CO. The maximum Gasteiger partial charge on any atom is 0.240 e. The Labute approximate surface area is 127 Å². The molecule has 0 amide bonds. The summed E-state index contributed by atoms with van der Waals surface area (Å²) < 4.78 is 27.5. The second-order valence-electron chi connectivity index (χ2n) is 5.78. The van der Waals surface area contributed by atoms with Crippen LogP contribution in [0, 0.1) is 6.92 Å². The standard InChI is InChI=1S/C15H24N2O3S/c1-12-5-6-15(9-14(12)11-18)21(19,20)16-13(2)10-17-7-3-4-8-17/h5-6,9,13,16,18H,3-4,7-8,10-11H2,1-2H3. The minimum atomic E-state index is -3.54. The summed E-state index contributed by atoms with van der Waals surface area (Å²) in [5.74, 6) is 0. The van der Waals surface area contributed by atoms with Crippen molar-refractivity contribution in [2.45, 2.75) is 44.2 Å². The quantitative estimate of drug-likeness (QED) is 0.829. The van der Waals surface area contributed by atoms with E-state index in [9.17, 15) is 13.5 Å². The topological polar surface area (TPSA) is 69.6 Å². The van der Waals surface area contributed by atoms with Gasteiger partial charge in [0.1, 0.15) is 0 Å². The van der Waals surface area contributed by atoms with Gasteiger partial charge in [0.15, 0.2) is 0 Å². The van der Waals surface area contributed by atoms with E-state index in [1.54, 1.807) is 18.2 Å². The van der Waals surface area contributed by atoms with Crippen LogP contribution in [0.1, 0.15) is 30.9 Å². The first kappa shape index (κ1) is 16.4. The van der Waals surface area contributed by atoms with Gasteiger partial charge in [0.2, 0.25) is 10.0 Å². The van der Waals surface area contributed by atoms with Gasteiger partial charge in [-0.15, -0.1) is 0 Å². The van der Waals surface area contributed by atoms with Crippen molar-refractivity contribution in [3.05, 3.63) is 29.3 Å². The predicted molar refractivity (Wildman–Crippen MR) is 82.6 cm³/mol. The molecule has 1 unspecified atom stereocenters. The molecule has 6 heteroatoms. The van der Waals surface area contributed by atoms with Gasteiger partial charge in [-0.25, -0.2) is 13.1 Å². The highest BCUT2D eigenvalue weighted by molar-refractivity contribution is 7.89. The summed E-state index contributed by atoms with van der Waals surface area (Å²) in [7, 11) is -3.54. The average Bonchev–Trinajstić information content (AvgIpc) is 2.91. The molecule has 21 heavy (non-hydrogen) atoms. The summed E-state index contributed by atoms with van der Waals surface area (Å²) in [6.45, 7) is 6.41. The van der Waals surface area contributed by atoms with Crippen LogP contribution in [-0.4, -0.2) is 44.1 Å². The van der Waals surface area contributed by atoms with Gasteiger partial charge in [-0.05, 0) is 63.0 Å². The van der Waals surface area contributed by atoms with E-state index < -0.39 is 10.0 Å². The van der Waals surface area contributed by atoms with Gasteiger partial charge in [0.25, 0.3) is 0 Å². The summed E-state index contributed by atoms with van der Waals surface area (Å²) in [5, 5.41) is 9.26. The number of hydrogen-bond acceptors (Lipinski definition) is 4. The van der Waals surface area contributed by atoms with Crippen molar-refractivity contribution in [2.24, 2.45) is 0 Å². The van der Waals surface area contributed by atoms with Crippen molar-refractivity contribution in [1.82, 2.24) is 9.62 Å². The Kier molecular flexibility index (Phi) is 5.37. The van der Waals surface area contributed by atoms with Crippen molar-refractivity contribution < 1.29 is 13.5 Å². The second kappa shape index (κ2) is 6.87. The molecule has 1 fully saturated rings. The Hall–Kier alpha value is -0.950. The van der Waals surface area contributed by atoms with E-state index in [0.29, 0.717) is 5.56 Å². The summed E-state index contributed by atoms with van der Waals surface area (Å²) in [5.41, 5.74) is 1.53. The molecule has 1 aromatic rings. The van der Waals surface area contributed by atoms with Crippen LogP contribution in [0.15, 0.2) is 23.1 Å². The number of benzene rings is 1. The number of aryl methyl sites for hydroxylation is 1. The normalized spacial score (nSPS) is 18.0. The largest absolute Gasteiger partial charge is 0.392 e. The lowest BCUT2D eigenvalue weighted by Crippen LogP contribution is -2.41. The number of sulfonamides is 1. The van der Waals surface area contributed by atoms with Gasteiger partial charge in [-0.1, -0.05) is 6.07 Å². The first-order valence-corrected chi connectivity index (χ1v) is 8.86. The number of nitrogens with one attached hydrogen (secondary N) is 1. The summed E-state index contributed by atoms with van der Waals surface area (Å²) in [6, 6.07) is 4.72. The lowest BCUT2D eigenvalue weighted by molar-refractivity contribution is 0.280. The Bertz CT molecular complexity index is 581. The summed E-state index contributed by atoms with van der Waals surface area (Å²) in [6.07, 6.45) is 2.38. The highest BCUT2D eigenvalue weighted by Crippen LogP contribution is 2.16. The molecule has 0 bridgehead atoms. The molecule has 5 nitrogen and oxygen atoms in total. The van der Waals surface area contributed by atoms with E-state index >= 15 is 0 Å². The molecule has 0 aromatic heterocycles. The molecule has 2 N–H and O–H groups in total. The monoisotopic (exact) mass is 312 g/mol. The third-order valence-electron chi connectivity index (χ3n) is 3.89. The molecule has 1 aromatic carbocycles. The zero-order chi connectivity index (χ0) is 15.5. The van der Waals surface area contributed by atoms with Crippen molar-refractivity contribution >= 4 is 10.0 Å². The Morgan fingerprint density at radius 2 is 2.00 bits per heavy atom. The van der Waals surface area contributed by atoms with Crippen LogP contribution < -0.4 is 4.72 Å². The van der Waals surface area contributed by atoms with E-state index in [2.05, 4.69) is 9.62 Å². The zero-order valence-electron chi connectivity index (χ0n) is 12.7. The van der Waals surface area contributed by atoms with Gasteiger partial charge < -0.3 is 10.0 Å². The Balaban J connectivity index is 2.06. The molecule has 1 aliphatic heterocycles. The van der Waals surface area contributed by atoms with Crippen LogP contribution in [-0.2, 0) is 16.6 Å². The fourth-order valence-corrected chi connectivity index (χ4v) is 3.99. The van der Waals surface area contributed by atoms with Gasteiger partial charge in [0.05, 0.1) is 11.5 Å². The highest BCUT2D eigenvalue weighted by atomic mass is 32.2. The molecule has 0 radical (unpaired) electrons. The van der Waals surface area contributed by atoms with Crippen LogP contribution in [0.5, 0.6) is 0 Å². The van der Waals surface area contributed by atoms with Crippen LogP contribution in [0.4, 0.5) is 0 Å². The number of likely N-dealkylation sites (tertiary alicyclic amines) is 1. The summed E-state index contributed by atoms with van der Waals surface area (Å²) in [4.78, 5) is 2.49. The number of aliphatic hydroxyl groups is 1. The van der Waals surface area contributed by atoms with Crippen LogP contribution in [0.3, 0.4) is 0 Å². The Morgan fingerprint density at radius 3 is 2.62 bits per heavy atom. The number of rotatable bonds is 6. The Morgan fingerprint density at radius 1 is 1.33 bits per heavy atom. The average molecular weight is 312 g/mol. The van der Waals surface area contributed by atoms with Crippen molar-refractivity contribution in [1.29, 1.82) is 0 Å². The molecule has 118 valence electrons. The molecule has 0 aliphatic carbocycles. The maximum absolute atomic E-state index is 12.4. The highest BCUT2D eigenvalue weighted by Gasteiger charge is 2.21. The number of aliphatic hydroxyl groups excluding tert-OH is 1. The van der Waals surface area contributed by atoms with Crippen LogP contribution in [0.25, 0.3) is 0 Å². The van der Waals surface area contributed by atoms with Crippen LogP contribution in [0.2, 0.25) is 0 Å². The molecule has 1 heterocycles. The van der Waals surface area contributed by atoms with Gasteiger partial charge in [-0.3, -0.25) is 0 Å². The van der Waals surface area contributed by atoms with E-state index in [0.717, 1.165) is 25.2 Å². The third kappa shape index (κ3) is 4.26. The predicted octanol–water partition coefficient (Wildman–Crippen LogP) is 1.25. The van der Waals surface area contributed by atoms with Gasteiger partial charge in [0, 0.05) is 12.6 Å². The molecular formula is C15H24N2O3S. The smallest absolute Gasteiger partial charge is 0.240 e. The van der Waals surface area contributed by atoms with E-state index in [4.69, 9.17) is 0 Å². The van der Waals surface area contributed by atoms with Crippen molar-refractivity contribution in [3.63, 3.8) is 0 Å². The fourth-order valence-electron chi connectivity index (χ4n) is 2.71. The van der Waals surface area contributed by atoms with Gasteiger partial charge in [-0.2, -0.15) is 0 Å². The third-order valence-corrected chi connectivity index (χ3v) is 5.48. The molecule has 0 spiro atoms. The van der Waals surface area contributed by atoms with E-state index in [1.807, 2.05) is 13.8 Å². The maximum atomic E-state index is 12.4. The van der Waals surface area contributed by atoms with E-state index in [1.165, 1.54) is 12.8 Å². The first-order chi connectivity index (χ1) is 9.92. The minimum Gasteiger partial charge on any atom is -0.392 e. The van der Waals surface area contributed by atoms with Gasteiger partial charge >= 0.3 is 0 Å². The zero-order valence-corrected chi connectivity index (χ0v) is 13.5. The molecule has 1 aliphatic rings. The molecule has 0 saturated carbocycles. The fraction of sp³-hybridized carbons (Fsp3) is 0.600. The molecular weight excluding hydrogens is 288 g/mol.